The third-order valence-corrected chi connectivity index (χ3v) is 4.85. The van der Waals surface area contributed by atoms with Crippen molar-refractivity contribution in [2.45, 2.75) is 25.9 Å². The van der Waals surface area contributed by atoms with Gasteiger partial charge in [-0.1, -0.05) is 6.92 Å². The predicted octanol–water partition coefficient (Wildman–Crippen LogP) is 4.07. The van der Waals surface area contributed by atoms with Gasteiger partial charge in [-0.05, 0) is 62.0 Å². The van der Waals surface area contributed by atoms with Gasteiger partial charge in [0.1, 0.15) is 11.6 Å². The Morgan fingerprint density at radius 2 is 1.90 bits per heavy atom. The van der Waals surface area contributed by atoms with Crippen LogP contribution in [0.2, 0.25) is 0 Å². The van der Waals surface area contributed by atoms with Crippen molar-refractivity contribution in [1.82, 2.24) is 15.1 Å². The number of anilines is 1. The fraction of sp³-hybridized carbons (Fsp3) is 0.273. The molecule has 1 aromatic heterocycles. The fourth-order valence-electron chi connectivity index (χ4n) is 3.27. The maximum absolute atomic E-state index is 13.2. The summed E-state index contributed by atoms with van der Waals surface area (Å²) in [5.74, 6) is 0.376. The molecule has 1 heterocycles. The van der Waals surface area contributed by atoms with E-state index in [1.807, 2.05) is 31.0 Å². The lowest BCUT2D eigenvalue weighted by Gasteiger charge is -2.26. The molecule has 152 valence electrons. The maximum atomic E-state index is 13.2. The highest BCUT2D eigenvalue weighted by molar-refractivity contribution is 5.94. The number of benzene rings is 2. The lowest BCUT2D eigenvalue weighted by Crippen LogP contribution is -2.41. The molecule has 0 spiro atoms. The molecule has 0 aliphatic carbocycles. The summed E-state index contributed by atoms with van der Waals surface area (Å²) in [6, 6.07) is 13.2. The minimum atomic E-state index is -0.312. The number of carbonyl (C=O) groups is 1. The molecule has 2 N–H and O–H groups in total. The van der Waals surface area contributed by atoms with E-state index >= 15 is 0 Å². The molecule has 29 heavy (non-hydrogen) atoms. The van der Waals surface area contributed by atoms with E-state index in [1.165, 1.54) is 12.1 Å². The summed E-state index contributed by atoms with van der Waals surface area (Å²) in [5, 5.41) is 10.1. The molecule has 0 fully saturated rings. The fourth-order valence-corrected chi connectivity index (χ4v) is 3.27. The number of hydrogen-bond donors (Lipinski definition) is 2. The van der Waals surface area contributed by atoms with Crippen molar-refractivity contribution in [3.8, 4) is 17.0 Å². The van der Waals surface area contributed by atoms with Crippen LogP contribution < -0.4 is 10.1 Å². The number of H-pyrrole nitrogens is 1. The normalized spacial score (nSPS) is 12.0. The predicted molar refractivity (Wildman–Crippen MR) is 111 cm³/mol. The Hall–Kier alpha value is -3.19. The molecular formula is C22H25FN4O2. The lowest BCUT2D eigenvalue weighted by molar-refractivity contribution is -0.121. The lowest BCUT2D eigenvalue weighted by atomic mass is 10.1. The molecule has 0 aliphatic heterocycles. The number of amides is 1. The van der Waals surface area contributed by atoms with Crippen molar-refractivity contribution in [3.05, 3.63) is 66.1 Å². The summed E-state index contributed by atoms with van der Waals surface area (Å²) in [6.07, 6.45) is 2.39. The molecule has 0 bridgehead atoms. The third-order valence-electron chi connectivity index (χ3n) is 4.85. The summed E-state index contributed by atoms with van der Waals surface area (Å²) < 4.78 is 18.4. The zero-order chi connectivity index (χ0) is 20.8. The van der Waals surface area contributed by atoms with Gasteiger partial charge in [-0.3, -0.25) is 14.8 Å². The Morgan fingerprint density at radius 3 is 2.52 bits per heavy atom. The van der Waals surface area contributed by atoms with E-state index < -0.39 is 0 Å². The standard InChI is InChI=1S/C22H25FN4O2/c1-4-20(22(28)25-18-9-11-19(29-3)12-10-18)27(2)14-16-13-24-26-21(16)15-5-7-17(23)8-6-15/h5-13,20H,4,14H2,1-3H3,(H,24,26)(H,25,28). The Morgan fingerprint density at radius 1 is 1.21 bits per heavy atom. The molecule has 0 aliphatic rings. The average Bonchev–Trinajstić information content (AvgIpc) is 3.17. The van der Waals surface area contributed by atoms with Crippen LogP contribution in [0.1, 0.15) is 18.9 Å². The number of nitrogens with zero attached hydrogens (tertiary/aromatic N) is 2. The smallest absolute Gasteiger partial charge is 0.241 e. The number of hydrogen-bond acceptors (Lipinski definition) is 4. The van der Waals surface area contributed by atoms with E-state index in [2.05, 4.69) is 15.5 Å². The number of methoxy groups -OCH3 is 1. The SMILES string of the molecule is CCC(C(=O)Nc1ccc(OC)cc1)N(C)Cc1cn[nH]c1-c1ccc(F)cc1. The number of carbonyl (C=O) groups excluding carboxylic acids is 1. The van der Waals surface area contributed by atoms with Gasteiger partial charge in [0.05, 0.1) is 25.0 Å². The molecular weight excluding hydrogens is 371 g/mol. The molecule has 1 atom stereocenters. The van der Waals surface area contributed by atoms with Crippen LogP contribution in [0.3, 0.4) is 0 Å². The van der Waals surface area contributed by atoms with Gasteiger partial charge < -0.3 is 10.1 Å². The first-order valence-electron chi connectivity index (χ1n) is 9.45. The monoisotopic (exact) mass is 396 g/mol. The van der Waals surface area contributed by atoms with Gasteiger partial charge in [0.25, 0.3) is 0 Å². The van der Waals surface area contributed by atoms with Crippen LogP contribution in [-0.4, -0.2) is 41.2 Å². The van der Waals surface area contributed by atoms with Crippen LogP contribution in [0, 0.1) is 5.82 Å². The molecule has 0 saturated heterocycles. The van der Waals surface area contributed by atoms with E-state index in [1.54, 1.807) is 37.6 Å². The van der Waals surface area contributed by atoms with Gasteiger partial charge in [-0.25, -0.2) is 4.39 Å². The van der Waals surface area contributed by atoms with Crippen LogP contribution in [0.5, 0.6) is 5.75 Å². The maximum Gasteiger partial charge on any atom is 0.241 e. The number of halogens is 1. The number of rotatable bonds is 8. The van der Waals surface area contributed by atoms with Gasteiger partial charge in [-0.2, -0.15) is 5.10 Å². The first kappa shape index (κ1) is 20.5. The Kier molecular flexibility index (Phi) is 6.61. The van der Waals surface area contributed by atoms with Gasteiger partial charge in [0.15, 0.2) is 0 Å². The van der Waals surface area contributed by atoms with Gasteiger partial charge in [-0.15, -0.1) is 0 Å². The van der Waals surface area contributed by atoms with Crippen molar-refractivity contribution in [3.63, 3.8) is 0 Å². The highest BCUT2D eigenvalue weighted by Crippen LogP contribution is 2.23. The summed E-state index contributed by atoms with van der Waals surface area (Å²) in [6.45, 7) is 2.50. The van der Waals surface area contributed by atoms with Crippen molar-refractivity contribution < 1.29 is 13.9 Å². The number of likely N-dealkylation sites (N-methyl/N-ethyl adjacent to an activating group) is 1. The number of aromatic amines is 1. The summed E-state index contributed by atoms with van der Waals surface area (Å²) in [5.41, 5.74) is 3.33. The van der Waals surface area contributed by atoms with Crippen molar-refractivity contribution in [2.75, 3.05) is 19.5 Å². The van der Waals surface area contributed by atoms with Crippen LogP contribution in [-0.2, 0) is 11.3 Å². The summed E-state index contributed by atoms with van der Waals surface area (Å²) >= 11 is 0. The third kappa shape index (κ3) is 5.00. The van der Waals surface area contributed by atoms with E-state index in [-0.39, 0.29) is 17.8 Å². The molecule has 3 aromatic rings. The highest BCUT2D eigenvalue weighted by Gasteiger charge is 2.23. The summed E-state index contributed by atoms with van der Waals surface area (Å²) in [4.78, 5) is 14.8. The second-order valence-corrected chi connectivity index (χ2v) is 6.83. The number of aromatic nitrogens is 2. The molecule has 2 aromatic carbocycles. The molecule has 1 amide bonds. The molecule has 3 rings (SSSR count). The number of nitrogens with one attached hydrogen (secondary N) is 2. The van der Waals surface area contributed by atoms with Gasteiger partial charge in [0.2, 0.25) is 5.91 Å². The zero-order valence-electron chi connectivity index (χ0n) is 16.8. The Labute approximate surface area is 169 Å². The molecule has 0 saturated carbocycles. The van der Waals surface area contributed by atoms with E-state index in [4.69, 9.17) is 4.74 Å². The Balaban J connectivity index is 1.69. The highest BCUT2D eigenvalue weighted by atomic mass is 19.1. The molecule has 1 unspecified atom stereocenters. The molecule has 6 nitrogen and oxygen atoms in total. The zero-order valence-corrected chi connectivity index (χ0v) is 16.8. The van der Waals surface area contributed by atoms with E-state index in [0.29, 0.717) is 13.0 Å². The molecule has 0 radical (unpaired) electrons. The Bertz CT molecular complexity index is 938. The quantitative estimate of drug-likeness (QED) is 0.602. The summed E-state index contributed by atoms with van der Waals surface area (Å²) in [7, 11) is 3.51. The van der Waals surface area contributed by atoms with Crippen LogP contribution >= 0.6 is 0 Å². The van der Waals surface area contributed by atoms with Gasteiger partial charge >= 0.3 is 0 Å². The first-order valence-corrected chi connectivity index (χ1v) is 9.45. The minimum absolute atomic E-state index is 0.0769. The van der Waals surface area contributed by atoms with Crippen molar-refractivity contribution in [2.24, 2.45) is 0 Å². The van der Waals surface area contributed by atoms with E-state index in [0.717, 1.165) is 28.3 Å². The average molecular weight is 396 g/mol. The van der Waals surface area contributed by atoms with Crippen LogP contribution in [0.4, 0.5) is 10.1 Å². The minimum Gasteiger partial charge on any atom is -0.497 e. The van der Waals surface area contributed by atoms with Crippen LogP contribution in [0.25, 0.3) is 11.3 Å². The molecule has 7 heteroatoms. The first-order chi connectivity index (χ1) is 14.0. The van der Waals surface area contributed by atoms with Crippen molar-refractivity contribution in [1.29, 1.82) is 0 Å². The van der Waals surface area contributed by atoms with E-state index in [9.17, 15) is 9.18 Å². The van der Waals surface area contributed by atoms with Crippen molar-refractivity contribution >= 4 is 11.6 Å². The van der Waals surface area contributed by atoms with Crippen LogP contribution in [0.15, 0.2) is 54.7 Å². The second-order valence-electron chi connectivity index (χ2n) is 6.83. The van der Waals surface area contributed by atoms with Gasteiger partial charge in [0, 0.05) is 23.4 Å². The largest absolute Gasteiger partial charge is 0.497 e. The number of ether oxygens (including phenoxy) is 1. The second kappa shape index (κ2) is 9.34. The topological polar surface area (TPSA) is 70.2 Å².